The fraction of sp³-hybridized carbons (Fsp3) is 0.413. The van der Waals surface area contributed by atoms with E-state index in [-0.39, 0.29) is 48.3 Å². The Kier molecular flexibility index (Phi) is 14.6. The molecule has 4 aromatic heterocycles. The number of nitrogens with zero attached hydrogens (tertiary/aromatic N) is 9. The smallest absolute Gasteiger partial charge is 0.276 e. The van der Waals surface area contributed by atoms with Crippen molar-refractivity contribution < 1.29 is 33.4 Å². The normalized spacial score (nSPS) is 13.3. The molecule has 0 saturated carbocycles. The Balaban J connectivity index is 1.22. The lowest BCUT2D eigenvalue weighted by molar-refractivity contribution is -0.132. The molecule has 1 fully saturated rings. The number of amides is 4. The van der Waals surface area contributed by atoms with Crippen LogP contribution in [0.1, 0.15) is 96.7 Å². The number of methoxy groups -OCH3 is 1. The summed E-state index contributed by atoms with van der Waals surface area (Å²) in [6.45, 7) is 14.2. The first-order valence-electron chi connectivity index (χ1n) is 22.1. The predicted octanol–water partition coefficient (Wildman–Crippen LogP) is 4.70. The number of aromatic nitrogens is 7. The van der Waals surface area contributed by atoms with Gasteiger partial charge < -0.3 is 35.0 Å². The molecule has 5 heterocycles. The minimum Gasteiger partial charge on any atom is -0.494 e. The molecule has 1 saturated heterocycles. The van der Waals surface area contributed by atoms with E-state index < -0.39 is 17.7 Å². The average Bonchev–Trinajstić information content (AvgIpc) is 4.07. The van der Waals surface area contributed by atoms with Crippen molar-refractivity contribution in [1.29, 1.82) is 0 Å². The molecule has 1 aliphatic rings. The lowest BCUT2D eigenvalue weighted by atomic mass is 10.1. The number of rotatable bonds is 20. The van der Waals surface area contributed by atoms with E-state index in [0.717, 1.165) is 30.3 Å². The number of carbonyl (C=O) groups is 5. The number of fused-ring (bicyclic) bond motifs is 2. The number of ether oxygens (including phenoxy) is 2. The van der Waals surface area contributed by atoms with E-state index in [1.165, 1.54) is 18.4 Å². The highest BCUT2D eigenvalue weighted by Crippen LogP contribution is 2.33. The van der Waals surface area contributed by atoms with Gasteiger partial charge >= 0.3 is 0 Å². The minimum absolute atomic E-state index is 0.0417. The van der Waals surface area contributed by atoms with Crippen LogP contribution in [-0.4, -0.2) is 120 Å². The van der Waals surface area contributed by atoms with Gasteiger partial charge in [0.2, 0.25) is 23.7 Å². The van der Waals surface area contributed by atoms with Gasteiger partial charge in [-0.1, -0.05) is 26.0 Å². The third kappa shape index (κ3) is 10.1. The summed E-state index contributed by atoms with van der Waals surface area (Å²) in [5, 5.41) is 8.21. The van der Waals surface area contributed by atoms with Crippen LogP contribution >= 0.6 is 11.3 Å². The average molecular weight is 921 g/mol. The number of benzene rings is 2. The molecule has 0 radical (unpaired) electrons. The van der Waals surface area contributed by atoms with E-state index in [1.54, 1.807) is 39.6 Å². The van der Waals surface area contributed by atoms with Crippen molar-refractivity contribution in [2.45, 2.75) is 79.9 Å². The number of nitrogens with one attached hydrogen (secondary N) is 1. The van der Waals surface area contributed by atoms with Gasteiger partial charge in [0.15, 0.2) is 5.78 Å². The summed E-state index contributed by atoms with van der Waals surface area (Å²) in [6.07, 6.45) is 5.49. The van der Waals surface area contributed by atoms with Crippen molar-refractivity contribution in [2.24, 2.45) is 11.5 Å². The third-order valence-corrected chi connectivity index (χ3v) is 12.6. The highest BCUT2D eigenvalue weighted by Gasteiger charge is 2.25. The van der Waals surface area contributed by atoms with Gasteiger partial charge in [0.1, 0.15) is 34.1 Å². The molecule has 6 aromatic rings. The molecule has 0 atom stereocenters. The molecule has 4 amide bonds. The first-order chi connectivity index (χ1) is 31.7. The van der Waals surface area contributed by atoms with Crippen LogP contribution in [0.4, 0.5) is 5.95 Å². The van der Waals surface area contributed by atoms with E-state index in [9.17, 15) is 24.0 Å². The molecule has 19 nitrogen and oxygen atoms in total. The van der Waals surface area contributed by atoms with E-state index >= 15 is 0 Å². The van der Waals surface area contributed by atoms with Crippen LogP contribution in [0.2, 0.25) is 0 Å². The summed E-state index contributed by atoms with van der Waals surface area (Å²) in [4.78, 5) is 83.8. The van der Waals surface area contributed by atoms with Crippen molar-refractivity contribution in [2.75, 3.05) is 51.8 Å². The number of carbonyl (C=O) groups excluding carboxylic acids is 5. The molecule has 66 heavy (non-hydrogen) atoms. The van der Waals surface area contributed by atoms with Gasteiger partial charge in [-0.05, 0) is 63.9 Å². The Morgan fingerprint density at radius 2 is 1.48 bits per heavy atom. The zero-order chi connectivity index (χ0) is 47.2. The molecule has 7 rings (SSSR count). The Morgan fingerprint density at radius 3 is 2.12 bits per heavy atom. The third-order valence-electron chi connectivity index (χ3n) is 11.5. The van der Waals surface area contributed by atoms with Crippen LogP contribution in [0.15, 0.2) is 42.5 Å². The molecule has 348 valence electrons. The Labute approximate surface area is 385 Å². The standard InChI is InChI=1S/C46H56N12O7S/c1-7-31-42(66-28(5)49-31)35(59)26-38-50-32-22-29(43(47)61)24-36(64-6)40(32)56(38)14-10-11-15-57-41-33(51-46(57)52-45(63)34-21-27(4)53-58(34)9-3)23-30(44(48)62)25-37(41)65-20-12-13-54-16-18-55(19-17-54)39(60)8-2/h10-11,21-25H,7-9,12-20,26H2,1-6H3,(H2,47,61)(H2,48,62)(H,51,52,63)/b11-10+. The molecular weight excluding hydrogens is 865 g/mol. The van der Waals surface area contributed by atoms with Gasteiger partial charge in [-0.25, -0.2) is 15.0 Å². The maximum absolute atomic E-state index is 13.9. The number of thiazole rings is 1. The largest absolute Gasteiger partial charge is 0.494 e. The molecular formula is C46H56N12O7S. The highest BCUT2D eigenvalue weighted by atomic mass is 32.1. The SMILES string of the molecule is CCC(=O)N1CCN(CCCOc2cc(C(N)=O)cc3nc(NC(=O)c4cc(C)nn4CC)n(C/C=C/Cn4c(CC(=O)c5sc(C)nc5CC)nc5cc(C(N)=O)cc(OC)c54)c23)CC1. The van der Waals surface area contributed by atoms with Crippen molar-refractivity contribution in [3.63, 3.8) is 0 Å². The minimum atomic E-state index is -0.666. The maximum Gasteiger partial charge on any atom is 0.276 e. The highest BCUT2D eigenvalue weighted by molar-refractivity contribution is 7.13. The number of ketones is 1. The first-order valence-corrected chi connectivity index (χ1v) is 22.9. The summed E-state index contributed by atoms with van der Waals surface area (Å²) in [5.41, 5.74) is 15.5. The molecule has 0 spiro atoms. The summed E-state index contributed by atoms with van der Waals surface area (Å²) >= 11 is 1.35. The molecule has 20 heteroatoms. The summed E-state index contributed by atoms with van der Waals surface area (Å²) in [5.74, 6) is -0.364. The number of piperazine rings is 1. The van der Waals surface area contributed by atoms with Crippen LogP contribution in [0, 0.1) is 13.8 Å². The lowest BCUT2D eigenvalue weighted by Gasteiger charge is -2.34. The number of imidazole rings is 2. The van der Waals surface area contributed by atoms with Gasteiger partial charge in [-0.2, -0.15) is 5.10 Å². The monoisotopic (exact) mass is 920 g/mol. The molecule has 0 unspecified atom stereocenters. The number of hydrogen-bond donors (Lipinski definition) is 3. The Morgan fingerprint density at radius 1 is 0.833 bits per heavy atom. The second-order valence-corrected chi connectivity index (χ2v) is 17.2. The van der Waals surface area contributed by atoms with Crippen LogP contribution in [0.3, 0.4) is 0 Å². The van der Waals surface area contributed by atoms with Gasteiger partial charge in [-0.3, -0.25) is 38.9 Å². The Hall–Kier alpha value is -6.93. The van der Waals surface area contributed by atoms with Gasteiger partial charge in [0.25, 0.3) is 5.91 Å². The number of anilines is 1. The Bertz CT molecular complexity index is 2850. The fourth-order valence-electron chi connectivity index (χ4n) is 8.22. The summed E-state index contributed by atoms with van der Waals surface area (Å²) < 4.78 is 17.4. The van der Waals surface area contributed by atoms with Gasteiger partial charge in [-0.15, -0.1) is 11.3 Å². The van der Waals surface area contributed by atoms with E-state index in [2.05, 4.69) is 20.3 Å². The van der Waals surface area contributed by atoms with Crippen LogP contribution in [-0.2, 0) is 37.3 Å². The number of hydrogen-bond acceptors (Lipinski definition) is 13. The second-order valence-electron chi connectivity index (χ2n) is 16.0. The van der Waals surface area contributed by atoms with Crippen molar-refractivity contribution in [3.05, 3.63) is 86.4 Å². The zero-order valence-electron chi connectivity index (χ0n) is 38.2. The predicted molar refractivity (Wildman–Crippen MR) is 250 cm³/mol. The second kappa shape index (κ2) is 20.5. The molecule has 5 N–H and O–H groups in total. The van der Waals surface area contributed by atoms with Crippen LogP contribution in [0.5, 0.6) is 11.5 Å². The van der Waals surface area contributed by atoms with Crippen LogP contribution < -0.4 is 26.3 Å². The molecule has 0 bridgehead atoms. The van der Waals surface area contributed by atoms with E-state index in [0.29, 0.717) is 101 Å². The topological polar surface area (TPSA) is 241 Å². The molecule has 1 aliphatic heterocycles. The summed E-state index contributed by atoms with van der Waals surface area (Å²) in [6, 6.07) is 7.99. The number of primary amides is 2. The van der Waals surface area contributed by atoms with Crippen LogP contribution in [0.25, 0.3) is 22.1 Å². The quantitative estimate of drug-likeness (QED) is 0.0537. The number of aryl methyl sites for hydroxylation is 4. The number of nitrogens with two attached hydrogens (primary N) is 2. The van der Waals surface area contributed by atoms with E-state index in [1.807, 2.05) is 56.2 Å². The maximum atomic E-state index is 13.9. The first kappa shape index (κ1) is 47.0. The molecule has 2 aromatic carbocycles. The number of allylic oxidation sites excluding steroid dienone is 2. The zero-order valence-corrected chi connectivity index (χ0v) is 39.0. The van der Waals surface area contributed by atoms with Crippen molar-refractivity contribution in [1.82, 2.24) is 43.7 Å². The van der Waals surface area contributed by atoms with E-state index in [4.69, 9.17) is 30.9 Å². The fourth-order valence-corrected chi connectivity index (χ4v) is 9.17. The molecule has 0 aliphatic carbocycles. The van der Waals surface area contributed by atoms with Gasteiger partial charge in [0, 0.05) is 69.9 Å². The summed E-state index contributed by atoms with van der Waals surface area (Å²) in [7, 11) is 1.49. The van der Waals surface area contributed by atoms with Crippen molar-refractivity contribution >= 4 is 68.8 Å². The van der Waals surface area contributed by atoms with Crippen molar-refractivity contribution in [3.8, 4) is 11.5 Å². The number of Topliss-reactive ketones (excluding diaryl/α,β-unsaturated/α-hetero) is 1. The van der Waals surface area contributed by atoms with Gasteiger partial charge in [0.05, 0.1) is 52.4 Å². The lowest BCUT2D eigenvalue weighted by Crippen LogP contribution is -2.48.